The van der Waals surface area contributed by atoms with Gasteiger partial charge in [0.1, 0.15) is 5.75 Å². The van der Waals surface area contributed by atoms with Crippen LogP contribution in [-0.2, 0) is 0 Å². The number of phenols is 1. The molecule has 0 bridgehead atoms. The summed E-state index contributed by atoms with van der Waals surface area (Å²) in [6.07, 6.45) is 0. The lowest BCUT2D eigenvalue weighted by Crippen LogP contribution is -2.13. The van der Waals surface area contributed by atoms with E-state index in [-0.39, 0.29) is 22.0 Å². The van der Waals surface area contributed by atoms with Gasteiger partial charge in [-0.2, -0.15) is 0 Å². The largest absolute Gasteiger partial charge is 0.506 e. The molecule has 7 heteroatoms. The lowest BCUT2D eigenvalue weighted by Gasteiger charge is -2.08. The molecule has 108 valence electrons. The Bertz CT molecular complexity index is 731. The molecule has 2 aromatic rings. The summed E-state index contributed by atoms with van der Waals surface area (Å²) < 4.78 is 0. The number of halogens is 1. The Morgan fingerprint density at radius 1 is 1.29 bits per heavy atom. The number of aromatic hydroxyl groups is 1. The Morgan fingerprint density at radius 3 is 2.62 bits per heavy atom. The summed E-state index contributed by atoms with van der Waals surface area (Å²) >= 11 is 5.75. The van der Waals surface area contributed by atoms with Gasteiger partial charge in [0.25, 0.3) is 11.6 Å². The SMILES string of the molecule is Cc1ccc([N+](=O)[O-])cc1C(=O)Nc1ccc(O)c(Cl)c1. The Morgan fingerprint density at radius 2 is 2.00 bits per heavy atom. The van der Waals surface area contributed by atoms with Gasteiger partial charge in [-0.3, -0.25) is 14.9 Å². The number of rotatable bonds is 3. The Kier molecular flexibility index (Phi) is 4.09. The normalized spacial score (nSPS) is 10.2. The van der Waals surface area contributed by atoms with Crippen LogP contribution < -0.4 is 5.32 Å². The third kappa shape index (κ3) is 3.29. The van der Waals surface area contributed by atoms with Crippen molar-refractivity contribution in [2.45, 2.75) is 6.92 Å². The van der Waals surface area contributed by atoms with Gasteiger partial charge in [0.2, 0.25) is 0 Å². The molecule has 0 aliphatic rings. The third-order valence-electron chi connectivity index (χ3n) is 2.88. The maximum absolute atomic E-state index is 12.2. The number of hydrogen-bond acceptors (Lipinski definition) is 4. The first kappa shape index (κ1) is 14.8. The summed E-state index contributed by atoms with van der Waals surface area (Å²) in [5.74, 6) is -0.584. The number of nitrogens with zero attached hydrogens (tertiary/aromatic N) is 1. The van der Waals surface area contributed by atoms with Crippen molar-refractivity contribution in [3.63, 3.8) is 0 Å². The zero-order chi connectivity index (χ0) is 15.6. The highest BCUT2D eigenvalue weighted by Gasteiger charge is 2.15. The summed E-state index contributed by atoms with van der Waals surface area (Å²) in [4.78, 5) is 22.4. The Hall–Kier alpha value is -2.60. The van der Waals surface area contributed by atoms with Gasteiger partial charge in [0.05, 0.1) is 9.95 Å². The number of hydrogen-bond donors (Lipinski definition) is 2. The van der Waals surface area contributed by atoms with Crippen LogP contribution in [0.2, 0.25) is 5.02 Å². The lowest BCUT2D eigenvalue weighted by atomic mass is 10.1. The molecule has 2 aromatic carbocycles. The molecule has 21 heavy (non-hydrogen) atoms. The number of carbonyl (C=O) groups is 1. The van der Waals surface area contributed by atoms with Crippen LogP contribution in [0.3, 0.4) is 0 Å². The van der Waals surface area contributed by atoms with E-state index in [0.29, 0.717) is 11.3 Å². The van der Waals surface area contributed by atoms with Gasteiger partial charge < -0.3 is 10.4 Å². The van der Waals surface area contributed by atoms with Crippen molar-refractivity contribution in [3.8, 4) is 5.75 Å². The van der Waals surface area contributed by atoms with Crippen LogP contribution in [0, 0.1) is 17.0 Å². The van der Waals surface area contributed by atoms with E-state index in [9.17, 15) is 20.0 Å². The Labute approximate surface area is 125 Å². The van der Waals surface area contributed by atoms with Crippen LogP contribution in [0.25, 0.3) is 0 Å². The molecule has 0 spiro atoms. The Balaban J connectivity index is 2.29. The number of non-ortho nitro benzene ring substituents is 1. The van der Waals surface area contributed by atoms with Crippen molar-refractivity contribution in [1.29, 1.82) is 0 Å². The molecule has 6 nitrogen and oxygen atoms in total. The van der Waals surface area contributed by atoms with Crippen molar-refractivity contribution < 1.29 is 14.8 Å². The van der Waals surface area contributed by atoms with E-state index in [0.717, 1.165) is 0 Å². The molecule has 0 unspecified atom stereocenters. The van der Waals surface area contributed by atoms with Crippen molar-refractivity contribution in [2.75, 3.05) is 5.32 Å². The van der Waals surface area contributed by atoms with Crippen molar-refractivity contribution in [3.05, 3.63) is 62.7 Å². The molecular formula is C14H11ClN2O4. The molecular weight excluding hydrogens is 296 g/mol. The van der Waals surface area contributed by atoms with Crippen LogP contribution >= 0.6 is 11.6 Å². The van der Waals surface area contributed by atoms with Crippen LogP contribution in [-0.4, -0.2) is 15.9 Å². The summed E-state index contributed by atoms with van der Waals surface area (Å²) in [6, 6.07) is 8.28. The van der Waals surface area contributed by atoms with Gasteiger partial charge in [-0.15, -0.1) is 0 Å². The molecule has 0 heterocycles. The van der Waals surface area contributed by atoms with E-state index in [4.69, 9.17) is 11.6 Å². The second kappa shape index (κ2) is 5.80. The summed E-state index contributed by atoms with van der Waals surface area (Å²) in [5, 5.41) is 22.7. The maximum Gasteiger partial charge on any atom is 0.270 e. The first-order valence-electron chi connectivity index (χ1n) is 5.93. The maximum atomic E-state index is 12.2. The van der Waals surface area contributed by atoms with E-state index in [2.05, 4.69) is 5.32 Å². The number of nitro groups is 1. The highest BCUT2D eigenvalue weighted by molar-refractivity contribution is 6.32. The zero-order valence-electron chi connectivity index (χ0n) is 11.0. The average Bonchev–Trinajstić information content (AvgIpc) is 2.43. The van der Waals surface area contributed by atoms with Crippen molar-refractivity contribution >= 4 is 28.9 Å². The fourth-order valence-electron chi connectivity index (χ4n) is 1.75. The first-order chi connectivity index (χ1) is 9.88. The first-order valence-corrected chi connectivity index (χ1v) is 6.31. The molecule has 0 saturated heterocycles. The molecule has 0 atom stereocenters. The number of nitro benzene ring substituents is 1. The molecule has 0 aromatic heterocycles. The number of carbonyl (C=O) groups excluding carboxylic acids is 1. The second-order valence-electron chi connectivity index (χ2n) is 4.38. The standard InChI is InChI=1S/C14H11ClN2O4/c1-8-2-4-10(17(20)21)7-11(8)14(19)16-9-3-5-13(18)12(15)6-9/h2-7,18H,1H3,(H,16,19). The predicted octanol–water partition coefficient (Wildman–Crippen LogP) is 3.51. The zero-order valence-corrected chi connectivity index (χ0v) is 11.7. The molecule has 2 rings (SSSR count). The summed E-state index contributed by atoms with van der Waals surface area (Å²) in [5.41, 5.74) is 1.04. The molecule has 0 saturated carbocycles. The van der Waals surface area contributed by atoms with Gasteiger partial charge in [-0.25, -0.2) is 0 Å². The average molecular weight is 307 g/mol. The second-order valence-corrected chi connectivity index (χ2v) is 4.78. The third-order valence-corrected chi connectivity index (χ3v) is 3.18. The van der Waals surface area contributed by atoms with Crippen LogP contribution in [0.5, 0.6) is 5.75 Å². The number of anilines is 1. The molecule has 2 N–H and O–H groups in total. The smallest absolute Gasteiger partial charge is 0.270 e. The van der Waals surface area contributed by atoms with Crippen LogP contribution in [0.15, 0.2) is 36.4 Å². The van der Waals surface area contributed by atoms with E-state index >= 15 is 0 Å². The van der Waals surface area contributed by atoms with Gasteiger partial charge >= 0.3 is 0 Å². The van der Waals surface area contributed by atoms with Crippen LogP contribution in [0.4, 0.5) is 11.4 Å². The quantitative estimate of drug-likeness (QED) is 0.515. The van der Waals surface area contributed by atoms with Gasteiger partial charge in [0.15, 0.2) is 0 Å². The fraction of sp³-hybridized carbons (Fsp3) is 0.0714. The number of nitrogens with one attached hydrogen (secondary N) is 1. The minimum Gasteiger partial charge on any atom is -0.506 e. The van der Waals surface area contributed by atoms with E-state index in [1.165, 1.54) is 36.4 Å². The molecule has 0 aliphatic heterocycles. The van der Waals surface area contributed by atoms with Crippen molar-refractivity contribution in [1.82, 2.24) is 0 Å². The predicted molar refractivity (Wildman–Crippen MR) is 78.9 cm³/mol. The fourth-order valence-corrected chi connectivity index (χ4v) is 1.93. The molecule has 0 fully saturated rings. The highest BCUT2D eigenvalue weighted by atomic mass is 35.5. The van der Waals surface area contributed by atoms with Gasteiger partial charge in [0, 0.05) is 23.4 Å². The molecule has 0 radical (unpaired) electrons. The minimum atomic E-state index is -0.562. The summed E-state index contributed by atoms with van der Waals surface area (Å²) in [6.45, 7) is 1.68. The monoisotopic (exact) mass is 306 g/mol. The topological polar surface area (TPSA) is 92.5 Å². The molecule has 0 aliphatic carbocycles. The number of benzene rings is 2. The van der Waals surface area contributed by atoms with Crippen LogP contribution in [0.1, 0.15) is 15.9 Å². The van der Waals surface area contributed by atoms with E-state index in [1.54, 1.807) is 6.92 Å². The van der Waals surface area contributed by atoms with E-state index in [1.807, 2.05) is 0 Å². The number of amides is 1. The minimum absolute atomic E-state index is 0.0961. The van der Waals surface area contributed by atoms with Crippen molar-refractivity contribution in [2.24, 2.45) is 0 Å². The highest BCUT2D eigenvalue weighted by Crippen LogP contribution is 2.26. The van der Waals surface area contributed by atoms with E-state index < -0.39 is 10.8 Å². The number of phenolic OH excluding ortho intramolecular Hbond substituents is 1. The number of aryl methyl sites for hydroxylation is 1. The van der Waals surface area contributed by atoms with Gasteiger partial charge in [-0.1, -0.05) is 17.7 Å². The lowest BCUT2D eigenvalue weighted by molar-refractivity contribution is -0.384. The van der Waals surface area contributed by atoms with Gasteiger partial charge in [-0.05, 0) is 30.7 Å². The molecule has 1 amide bonds. The summed E-state index contributed by atoms with van der Waals surface area (Å²) in [7, 11) is 0.